The lowest BCUT2D eigenvalue weighted by molar-refractivity contribution is 0.102. The van der Waals surface area contributed by atoms with Crippen LogP contribution in [0.2, 0.25) is 0 Å². The molecule has 0 fully saturated rings. The van der Waals surface area contributed by atoms with Gasteiger partial charge in [-0.1, -0.05) is 0 Å². The summed E-state index contributed by atoms with van der Waals surface area (Å²) in [4.78, 5) is 23.9. The van der Waals surface area contributed by atoms with Gasteiger partial charge < -0.3 is 26.3 Å². The maximum atomic E-state index is 14.5. The molecule has 0 radical (unpaired) electrons. The number of anilines is 2. The number of allylic oxidation sites excluding steroid dienone is 1. The minimum absolute atomic E-state index is 0.112. The Labute approximate surface area is 168 Å². The highest BCUT2D eigenvalue weighted by molar-refractivity contribution is 6.05. The summed E-state index contributed by atoms with van der Waals surface area (Å²) in [7, 11) is 0. The molecule has 3 rings (SSSR count). The second kappa shape index (κ2) is 8.27. The van der Waals surface area contributed by atoms with Crippen molar-refractivity contribution in [1.29, 1.82) is 0 Å². The third-order valence-electron chi connectivity index (χ3n) is 4.11. The number of halogens is 3. The van der Waals surface area contributed by atoms with Crippen molar-refractivity contribution >= 4 is 23.4 Å². The van der Waals surface area contributed by atoms with E-state index in [1.807, 2.05) is 0 Å². The van der Waals surface area contributed by atoms with Gasteiger partial charge in [0.15, 0.2) is 11.5 Å². The number of nitrogens with one attached hydrogen (secondary N) is 1. The fourth-order valence-electron chi connectivity index (χ4n) is 2.87. The number of benzene rings is 1. The lowest BCUT2D eigenvalue weighted by Crippen LogP contribution is -2.34. The summed E-state index contributed by atoms with van der Waals surface area (Å²) < 4.78 is 50.3. The lowest BCUT2D eigenvalue weighted by atomic mass is 9.89. The van der Waals surface area contributed by atoms with Crippen LogP contribution in [0.15, 0.2) is 41.2 Å². The molecule has 2 aromatic rings. The van der Waals surface area contributed by atoms with E-state index >= 15 is 0 Å². The fraction of sp³-hybridized carbons (Fsp3) is 0.222. The Hall–Kier alpha value is -3.83. The molecule has 1 aromatic carbocycles. The molecule has 2 heterocycles. The van der Waals surface area contributed by atoms with Crippen molar-refractivity contribution in [3.8, 4) is 5.88 Å². The van der Waals surface area contributed by atoms with Crippen molar-refractivity contribution in [2.45, 2.75) is 12.5 Å². The highest BCUT2D eigenvalue weighted by Gasteiger charge is 2.36. The Bertz CT molecular complexity index is 1030. The first-order chi connectivity index (χ1) is 14.3. The normalized spacial score (nSPS) is 18.1. The molecule has 12 heteroatoms. The Morgan fingerprint density at radius 2 is 2.10 bits per heavy atom. The summed E-state index contributed by atoms with van der Waals surface area (Å²) in [5.74, 6) is -1.80. The van der Waals surface area contributed by atoms with Gasteiger partial charge in [-0.2, -0.15) is 4.98 Å². The lowest BCUT2D eigenvalue weighted by Gasteiger charge is -2.29. The minimum atomic E-state index is -1.75. The number of carbonyl (C=O) groups excluding carboxylic acids is 1. The van der Waals surface area contributed by atoms with E-state index in [4.69, 9.17) is 16.2 Å². The van der Waals surface area contributed by atoms with Gasteiger partial charge in [0.1, 0.15) is 23.8 Å². The van der Waals surface area contributed by atoms with Gasteiger partial charge in [0.25, 0.3) is 11.9 Å². The van der Waals surface area contributed by atoms with Crippen molar-refractivity contribution in [2.75, 3.05) is 24.6 Å². The molecular formula is C18H17F3N6O3. The van der Waals surface area contributed by atoms with Crippen molar-refractivity contribution in [3.05, 3.63) is 53.3 Å². The molecule has 0 bridgehead atoms. The van der Waals surface area contributed by atoms with Gasteiger partial charge in [-0.25, -0.2) is 23.1 Å². The first-order valence-electron chi connectivity index (χ1n) is 8.49. The molecular weight excluding hydrogens is 405 g/mol. The van der Waals surface area contributed by atoms with Gasteiger partial charge in [0.05, 0.1) is 6.20 Å². The van der Waals surface area contributed by atoms with Crippen LogP contribution in [-0.4, -0.2) is 35.4 Å². The highest BCUT2D eigenvalue weighted by atomic mass is 19.1. The number of rotatable bonds is 6. The van der Waals surface area contributed by atoms with E-state index in [1.165, 1.54) is 25.1 Å². The van der Waals surface area contributed by atoms with E-state index in [0.29, 0.717) is 0 Å². The van der Waals surface area contributed by atoms with Crippen LogP contribution in [0.4, 0.5) is 24.7 Å². The van der Waals surface area contributed by atoms with E-state index in [9.17, 15) is 18.0 Å². The molecule has 1 aromatic heterocycles. The number of carbonyl (C=O) groups is 1. The van der Waals surface area contributed by atoms with Crippen LogP contribution in [0.3, 0.4) is 0 Å². The Morgan fingerprint density at radius 3 is 2.73 bits per heavy atom. The maximum absolute atomic E-state index is 14.5. The summed E-state index contributed by atoms with van der Waals surface area (Å²) >= 11 is 0. The summed E-state index contributed by atoms with van der Waals surface area (Å²) in [6, 6.07) is 3.19. The minimum Gasteiger partial charge on any atom is -0.445 e. The van der Waals surface area contributed by atoms with Gasteiger partial charge in [-0.3, -0.25) is 4.79 Å². The molecule has 158 valence electrons. The standard InChI is InChI=1S/C18H17F3N6O3/c1-9-5-18(7-19,27-17(23)30-9)11-4-10(2-3-12(11)21)25-16(28)14-15(22)26-13(6-24-14)29-8-20/h2-6H,7-8H2,1H3,(H2,22,26)(H2,23,27)(H,25,28)/t18-/m1/s1. The van der Waals surface area contributed by atoms with E-state index in [1.54, 1.807) is 0 Å². The predicted molar refractivity (Wildman–Crippen MR) is 102 cm³/mol. The zero-order chi connectivity index (χ0) is 21.9. The van der Waals surface area contributed by atoms with Crippen LogP contribution in [0.5, 0.6) is 5.88 Å². The summed E-state index contributed by atoms with van der Waals surface area (Å²) in [6.45, 7) is -0.718. The Kier molecular flexibility index (Phi) is 5.76. The zero-order valence-corrected chi connectivity index (χ0v) is 15.7. The largest absolute Gasteiger partial charge is 0.445 e. The second-order valence-corrected chi connectivity index (χ2v) is 6.21. The van der Waals surface area contributed by atoms with Crippen LogP contribution in [0.1, 0.15) is 23.0 Å². The number of amidine groups is 1. The van der Waals surface area contributed by atoms with Crippen molar-refractivity contribution in [2.24, 2.45) is 10.7 Å². The number of aliphatic imine (C=N–C) groups is 1. The quantitative estimate of drug-likeness (QED) is 0.649. The fourth-order valence-corrected chi connectivity index (χ4v) is 2.87. The molecule has 0 saturated heterocycles. The smallest absolute Gasteiger partial charge is 0.288 e. The topological polar surface area (TPSA) is 138 Å². The van der Waals surface area contributed by atoms with Crippen molar-refractivity contribution < 1.29 is 27.4 Å². The third-order valence-corrected chi connectivity index (χ3v) is 4.11. The van der Waals surface area contributed by atoms with Gasteiger partial charge in [-0.15, -0.1) is 0 Å². The third kappa shape index (κ3) is 4.11. The Morgan fingerprint density at radius 1 is 1.33 bits per heavy atom. The molecule has 0 saturated carbocycles. The van der Waals surface area contributed by atoms with Crippen LogP contribution in [0.25, 0.3) is 0 Å². The van der Waals surface area contributed by atoms with E-state index in [2.05, 4.69) is 25.0 Å². The number of nitrogen functional groups attached to an aromatic ring is 1. The first kappa shape index (κ1) is 20.9. The average molecular weight is 422 g/mol. The molecule has 1 aliphatic heterocycles. The number of amides is 1. The van der Waals surface area contributed by atoms with Crippen LogP contribution >= 0.6 is 0 Å². The van der Waals surface area contributed by atoms with E-state index in [-0.39, 0.29) is 40.4 Å². The molecule has 0 aliphatic carbocycles. The van der Waals surface area contributed by atoms with Crippen molar-refractivity contribution in [3.63, 3.8) is 0 Å². The van der Waals surface area contributed by atoms with Gasteiger partial charge in [0, 0.05) is 11.3 Å². The number of aromatic nitrogens is 2. The van der Waals surface area contributed by atoms with Gasteiger partial charge in [-0.05, 0) is 31.2 Å². The van der Waals surface area contributed by atoms with E-state index in [0.717, 1.165) is 12.3 Å². The monoisotopic (exact) mass is 422 g/mol. The molecule has 1 aliphatic rings. The Balaban J connectivity index is 1.92. The van der Waals surface area contributed by atoms with Crippen LogP contribution < -0.4 is 21.5 Å². The SMILES string of the molecule is CC1=C[C@@](CF)(c2cc(NC(=O)c3ncc(OCF)nc3N)ccc2F)N=C(N)O1. The second-order valence-electron chi connectivity index (χ2n) is 6.21. The van der Waals surface area contributed by atoms with Gasteiger partial charge >= 0.3 is 0 Å². The summed E-state index contributed by atoms with van der Waals surface area (Å²) in [5.41, 5.74) is 9.15. The number of alkyl halides is 2. The van der Waals surface area contributed by atoms with Crippen molar-refractivity contribution in [1.82, 2.24) is 9.97 Å². The van der Waals surface area contributed by atoms with Crippen LogP contribution in [0, 0.1) is 5.82 Å². The first-order valence-corrected chi connectivity index (χ1v) is 8.49. The molecule has 9 nitrogen and oxygen atoms in total. The molecule has 1 atom stereocenters. The number of ether oxygens (including phenoxy) is 2. The molecule has 5 N–H and O–H groups in total. The van der Waals surface area contributed by atoms with Crippen LogP contribution in [-0.2, 0) is 10.3 Å². The summed E-state index contributed by atoms with van der Waals surface area (Å²) in [6.07, 6.45) is 2.31. The number of nitrogens with two attached hydrogens (primary N) is 2. The number of nitrogens with zero attached hydrogens (tertiary/aromatic N) is 3. The molecule has 0 unspecified atom stereocenters. The predicted octanol–water partition coefficient (Wildman–Crippen LogP) is 2.17. The highest BCUT2D eigenvalue weighted by Crippen LogP contribution is 2.35. The van der Waals surface area contributed by atoms with Gasteiger partial charge in [0.2, 0.25) is 12.7 Å². The average Bonchev–Trinajstić information content (AvgIpc) is 2.68. The summed E-state index contributed by atoms with van der Waals surface area (Å²) in [5, 5.41) is 2.46. The zero-order valence-electron chi connectivity index (χ0n) is 15.7. The molecule has 1 amide bonds. The maximum Gasteiger partial charge on any atom is 0.288 e. The number of hydrogen-bond acceptors (Lipinski definition) is 8. The molecule has 30 heavy (non-hydrogen) atoms. The molecule has 0 spiro atoms. The number of hydrogen-bond donors (Lipinski definition) is 3. The van der Waals surface area contributed by atoms with E-state index < -0.39 is 30.8 Å².